The molecule has 0 aliphatic rings. The standard InChI is InChI=1S/C18H36O4/c1-13(2)19-17(20-14(3)4)11-9-10-12-18(21-15(5)6)22-16(7)8/h9,11,13-18H,10,12H2,1-8H3/b11-9-. The van der Waals surface area contributed by atoms with Crippen molar-refractivity contribution in [2.75, 3.05) is 0 Å². The first-order valence-corrected chi connectivity index (χ1v) is 8.49. The Morgan fingerprint density at radius 3 is 1.41 bits per heavy atom. The predicted octanol–water partition coefficient (Wildman–Crippen LogP) is 4.68. The largest absolute Gasteiger partial charge is 0.350 e. The van der Waals surface area contributed by atoms with Gasteiger partial charge in [-0.05, 0) is 67.9 Å². The van der Waals surface area contributed by atoms with E-state index in [1.165, 1.54) is 0 Å². The van der Waals surface area contributed by atoms with Gasteiger partial charge in [0.25, 0.3) is 0 Å². The molecule has 0 amide bonds. The second-order valence-corrected chi connectivity index (χ2v) is 6.54. The quantitative estimate of drug-likeness (QED) is 0.387. The Morgan fingerprint density at radius 1 is 0.636 bits per heavy atom. The van der Waals surface area contributed by atoms with Crippen LogP contribution in [0.1, 0.15) is 68.2 Å². The maximum absolute atomic E-state index is 5.78. The first-order chi connectivity index (χ1) is 10.2. The maximum atomic E-state index is 5.78. The van der Waals surface area contributed by atoms with Crippen LogP contribution in [0, 0.1) is 0 Å². The van der Waals surface area contributed by atoms with Gasteiger partial charge in [0.2, 0.25) is 0 Å². The number of ether oxygens (including phenoxy) is 4. The number of hydrogen-bond acceptors (Lipinski definition) is 4. The van der Waals surface area contributed by atoms with Crippen LogP contribution in [0.25, 0.3) is 0 Å². The Labute approximate surface area is 137 Å². The predicted molar refractivity (Wildman–Crippen MR) is 90.8 cm³/mol. The zero-order valence-electron chi connectivity index (χ0n) is 15.7. The molecule has 132 valence electrons. The first-order valence-electron chi connectivity index (χ1n) is 8.49. The van der Waals surface area contributed by atoms with Crippen LogP contribution in [0.3, 0.4) is 0 Å². The summed E-state index contributed by atoms with van der Waals surface area (Å²) in [7, 11) is 0. The van der Waals surface area contributed by atoms with E-state index in [9.17, 15) is 0 Å². The van der Waals surface area contributed by atoms with Crippen LogP contribution in [0.15, 0.2) is 12.2 Å². The van der Waals surface area contributed by atoms with E-state index < -0.39 is 0 Å². The normalized spacial score (nSPS) is 13.2. The Morgan fingerprint density at radius 2 is 1.05 bits per heavy atom. The molecule has 0 bridgehead atoms. The van der Waals surface area contributed by atoms with E-state index in [1.54, 1.807) is 0 Å². The van der Waals surface area contributed by atoms with E-state index in [0.717, 1.165) is 12.8 Å². The molecule has 4 heteroatoms. The lowest BCUT2D eigenvalue weighted by Gasteiger charge is -2.23. The van der Waals surface area contributed by atoms with Crippen molar-refractivity contribution >= 4 is 0 Å². The van der Waals surface area contributed by atoms with E-state index >= 15 is 0 Å². The van der Waals surface area contributed by atoms with Crippen LogP contribution in [-0.2, 0) is 18.9 Å². The lowest BCUT2D eigenvalue weighted by Crippen LogP contribution is -2.24. The molecule has 22 heavy (non-hydrogen) atoms. The molecule has 0 N–H and O–H groups in total. The van der Waals surface area contributed by atoms with Crippen LogP contribution in [-0.4, -0.2) is 37.0 Å². The fourth-order valence-corrected chi connectivity index (χ4v) is 1.87. The topological polar surface area (TPSA) is 36.9 Å². The summed E-state index contributed by atoms with van der Waals surface area (Å²) in [5.41, 5.74) is 0. The SMILES string of the molecule is CC(C)OC(/C=C\CCC(OC(C)C)OC(C)C)OC(C)C. The molecule has 0 aliphatic carbocycles. The lowest BCUT2D eigenvalue weighted by molar-refractivity contribution is -0.183. The first kappa shape index (κ1) is 21.6. The Kier molecular flexibility index (Phi) is 11.8. The van der Waals surface area contributed by atoms with Crippen LogP contribution in [0.4, 0.5) is 0 Å². The second-order valence-electron chi connectivity index (χ2n) is 6.54. The zero-order valence-corrected chi connectivity index (χ0v) is 15.7. The van der Waals surface area contributed by atoms with Gasteiger partial charge in [-0.3, -0.25) is 0 Å². The van der Waals surface area contributed by atoms with Crippen molar-refractivity contribution in [3.05, 3.63) is 12.2 Å². The fraction of sp³-hybridized carbons (Fsp3) is 0.889. The Bertz CT molecular complexity index is 265. The lowest BCUT2D eigenvalue weighted by atomic mass is 10.2. The van der Waals surface area contributed by atoms with Crippen molar-refractivity contribution in [3.63, 3.8) is 0 Å². The van der Waals surface area contributed by atoms with Crippen molar-refractivity contribution < 1.29 is 18.9 Å². The smallest absolute Gasteiger partial charge is 0.177 e. The molecule has 0 atom stereocenters. The Hall–Kier alpha value is -0.420. The summed E-state index contributed by atoms with van der Waals surface area (Å²) in [4.78, 5) is 0. The van der Waals surface area contributed by atoms with Crippen molar-refractivity contribution in [2.24, 2.45) is 0 Å². The molecule has 0 aromatic heterocycles. The molecular weight excluding hydrogens is 280 g/mol. The second kappa shape index (κ2) is 12.1. The molecule has 0 saturated carbocycles. The van der Waals surface area contributed by atoms with Crippen molar-refractivity contribution in [1.82, 2.24) is 0 Å². The van der Waals surface area contributed by atoms with Gasteiger partial charge < -0.3 is 18.9 Å². The molecule has 0 spiro atoms. The molecule has 0 fully saturated rings. The molecule has 0 aromatic carbocycles. The summed E-state index contributed by atoms with van der Waals surface area (Å²) in [6.07, 6.45) is 5.87. The molecule has 0 aliphatic heterocycles. The van der Waals surface area contributed by atoms with Gasteiger partial charge >= 0.3 is 0 Å². The fourth-order valence-electron chi connectivity index (χ4n) is 1.87. The maximum Gasteiger partial charge on any atom is 0.177 e. The molecule has 0 radical (unpaired) electrons. The summed E-state index contributed by atoms with van der Waals surface area (Å²) in [5.74, 6) is 0. The van der Waals surface area contributed by atoms with Crippen molar-refractivity contribution in [3.8, 4) is 0 Å². The van der Waals surface area contributed by atoms with Gasteiger partial charge in [0.15, 0.2) is 12.6 Å². The van der Waals surface area contributed by atoms with Gasteiger partial charge in [0, 0.05) is 6.42 Å². The van der Waals surface area contributed by atoms with E-state index in [2.05, 4.69) is 6.08 Å². The summed E-state index contributed by atoms with van der Waals surface area (Å²) in [6, 6.07) is 0. The minimum absolute atomic E-state index is 0.134. The third-order valence-corrected chi connectivity index (χ3v) is 2.52. The Balaban J connectivity index is 4.32. The van der Waals surface area contributed by atoms with Gasteiger partial charge in [-0.25, -0.2) is 0 Å². The number of allylic oxidation sites excluding steroid dienone is 1. The highest BCUT2D eigenvalue weighted by molar-refractivity contribution is 4.86. The summed E-state index contributed by atoms with van der Waals surface area (Å²) in [5, 5.41) is 0. The highest BCUT2D eigenvalue weighted by Gasteiger charge is 2.13. The monoisotopic (exact) mass is 316 g/mol. The van der Waals surface area contributed by atoms with Crippen LogP contribution >= 0.6 is 0 Å². The van der Waals surface area contributed by atoms with Gasteiger partial charge in [-0.15, -0.1) is 0 Å². The van der Waals surface area contributed by atoms with Gasteiger partial charge in [-0.2, -0.15) is 0 Å². The van der Waals surface area contributed by atoms with E-state index in [1.807, 2.05) is 61.5 Å². The molecule has 0 aromatic rings. The minimum Gasteiger partial charge on any atom is -0.350 e. The van der Waals surface area contributed by atoms with E-state index in [0.29, 0.717) is 0 Å². The van der Waals surface area contributed by atoms with Crippen LogP contribution < -0.4 is 0 Å². The molecule has 0 rings (SSSR count). The summed E-state index contributed by atoms with van der Waals surface area (Å²) in [6.45, 7) is 16.1. The van der Waals surface area contributed by atoms with Crippen molar-refractivity contribution in [1.29, 1.82) is 0 Å². The minimum atomic E-state index is -0.296. The number of rotatable bonds is 12. The van der Waals surface area contributed by atoms with Crippen molar-refractivity contribution in [2.45, 2.75) is 105 Å². The molecule has 0 heterocycles. The summed E-state index contributed by atoms with van der Waals surface area (Å²) < 4.78 is 23.0. The van der Waals surface area contributed by atoms with E-state index in [4.69, 9.17) is 18.9 Å². The highest BCUT2D eigenvalue weighted by atomic mass is 16.7. The average molecular weight is 316 g/mol. The third-order valence-electron chi connectivity index (χ3n) is 2.52. The van der Waals surface area contributed by atoms with Gasteiger partial charge in [0.05, 0.1) is 24.4 Å². The zero-order chi connectivity index (χ0) is 17.1. The highest BCUT2D eigenvalue weighted by Crippen LogP contribution is 2.12. The van der Waals surface area contributed by atoms with Gasteiger partial charge in [0.1, 0.15) is 0 Å². The average Bonchev–Trinajstić information content (AvgIpc) is 2.31. The van der Waals surface area contributed by atoms with Crippen LogP contribution in [0.2, 0.25) is 0 Å². The molecule has 0 unspecified atom stereocenters. The molecule has 4 nitrogen and oxygen atoms in total. The molecular formula is C18H36O4. The summed E-state index contributed by atoms with van der Waals surface area (Å²) >= 11 is 0. The third kappa shape index (κ3) is 13.3. The van der Waals surface area contributed by atoms with Gasteiger partial charge in [-0.1, -0.05) is 6.08 Å². The van der Waals surface area contributed by atoms with Crippen LogP contribution in [0.5, 0.6) is 0 Å². The number of hydrogen-bond donors (Lipinski definition) is 0. The molecule has 0 saturated heterocycles. The van der Waals surface area contributed by atoms with E-state index in [-0.39, 0.29) is 37.0 Å².